The van der Waals surface area contributed by atoms with Crippen molar-refractivity contribution in [3.63, 3.8) is 0 Å². The van der Waals surface area contributed by atoms with Gasteiger partial charge in [0.05, 0.1) is 11.5 Å². The summed E-state index contributed by atoms with van der Waals surface area (Å²) in [6, 6.07) is 3.75. The Balaban J connectivity index is 2.61. The van der Waals surface area contributed by atoms with Gasteiger partial charge in [0.25, 0.3) is 0 Å². The van der Waals surface area contributed by atoms with E-state index in [9.17, 15) is 13.5 Å². The monoisotopic (exact) mass is 381 g/mol. The number of aromatic hydroxyl groups is 1. The Morgan fingerprint density at radius 1 is 1.08 bits per heavy atom. The quantitative estimate of drug-likeness (QED) is 0.842. The van der Waals surface area contributed by atoms with E-state index in [1.165, 1.54) is 4.31 Å². The molecule has 1 saturated heterocycles. The molecule has 0 radical (unpaired) electrons. The standard InChI is InChI=1S/C20H31NO4S/c1-19(2,3)16-12-14(13-17(18(16)23)20(4,5)6)11-15-7-8-21(9-10-22)26(15,24)25/h11-13,22-23H,7-10H2,1-6H3/b15-11+. The fourth-order valence-corrected chi connectivity index (χ4v) is 4.83. The first-order chi connectivity index (χ1) is 11.8. The first-order valence-electron chi connectivity index (χ1n) is 8.98. The summed E-state index contributed by atoms with van der Waals surface area (Å²) in [5, 5.41) is 19.8. The molecule has 0 saturated carbocycles. The van der Waals surface area contributed by atoms with Crippen LogP contribution >= 0.6 is 0 Å². The van der Waals surface area contributed by atoms with Gasteiger partial charge < -0.3 is 10.2 Å². The average molecular weight is 382 g/mol. The van der Waals surface area contributed by atoms with E-state index in [1.807, 2.05) is 53.7 Å². The van der Waals surface area contributed by atoms with Crippen LogP contribution in [0.4, 0.5) is 0 Å². The van der Waals surface area contributed by atoms with Gasteiger partial charge in [0.1, 0.15) is 5.75 Å². The van der Waals surface area contributed by atoms with Gasteiger partial charge in [-0.1, -0.05) is 41.5 Å². The molecule has 2 N–H and O–H groups in total. The van der Waals surface area contributed by atoms with E-state index in [0.29, 0.717) is 17.9 Å². The number of hydrogen-bond acceptors (Lipinski definition) is 4. The van der Waals surface area contributed by atoms with Gasteiger partial charge in [0.2, 0.25) is 10.0 Å². The van der Waals surface area contributed by atoms with Crippen molar-refractivity contribution in [2.24, 2.45) is 0 Å². The van der Waals surface area contributed by atoms with Crippen LogP contribution in [-0.4, -0.2) is 42.6 Å². The predicted molar refractivity (Wildman–Crippen MR) is 106 cm³/mol. The molecule has 1 fully saturated rings. The highest BCUT2D eigenvalue weighted by Gasteiger charge is 2.33. The Morgan fingerprint density at radius 2 is 1.58 bits per heavy atom. The summed E-state index contributed by atoms with van der Waals surface area (Å²) in [4.78, 5) is 0.358. The van der Waals surface area contributed by atoms with E-state index in [1.54, 1.807) is 6.08 Å². The third-order valence-electron chi connectivity index (χ3n) is 4.70. The molecular weight excluding hydrogens is 350 g/mol. The number of aliphatic hydroxyl groups excluding tert-OH is 1. The second-order valence-electron chi connectivity index (χ2n) is 8.95. The van der Waals surface area contributed by atoms with Crippen LogP contribution in [0.5, 0.6) is 5.75 Å². The van der Waals surface area contributed by atoms with E-state index >= 15 is 0 Å². The molecule has 146 valence electrons. The zero-order valence-electron chi connectivity index (χ0n) is 16.6. The number of β-amino-alcohol motifs (C(OH)–C–C–N with tert-alkyl or cyclic N) is 1. The van der Waals surface area contributed by atoms with E-state index in [-0.39, 0.29) is 29.7 Å². The van der Waals surface area contributed by atoms with Gasteiger partial charge in [0, 0.05) is 24.2 Å². The maximum atomic E-state index is 12.6. The smallest absolute Gasteiger partial charge is 0.239 e. The number of nitrogens with zero attached hydrogens (tertiary/aromatic N) is 1. The molecule has 1 aliphatic rings. The molecule has 0 atom stereocenters. The molecule has 1 heterocycles. The minimum atomic E-state index is -3.52. The van der Waals surface area contributed by atoms with Crippen molar-refractivity contribution >= 4 is 16.1 Å². The van der Waals surface area contributed by atoms with Crippen molar-refractivity contribution in [3.05, 3.63) is 33.7 Å². The predicted octanol–water partition coefficient (Wildman–Crippen LogP) is 3.36. The van der Waals surface area contributed by atoms with Crippen molar-refractivity contribution < 1.29 is 18.6 Å². The zero-order valence-corrected chi connectivity index (χ0v) is 17.4. The summed E-state index contributed by atoms with van der Waals surface area (Å²) < 4.78 is 26.5. The minimum absolute atomic E-state index is 0.121. The van der Waals surface area contributed by atoms with Crippen molar-refractivity contribution in [2.45, 2.75) is 58.8 Å². The summed E-state index contributed by atoms with van der Waals surface area (Å²) in [6.07, 6.45) is 2.13. The molecule has 0 bridgehead atoms. The number of phenolic OH excluding ortho intramolecular Hbond substituents is 1. The second-order valence-corrected chi connectivity index (χ2v) is 10.9. The maximum Gasteiger partial charge on any atom is 0.239 e. The summed E-state index contributed by atoms with van der Waals surface area (Å²) in [7, 11) is -3.52. The molecule has 1 aliphatic heterocycles. The molecule has 1 aromatic carbocycles. The van der Waals surface area contributed by atoms with Gasteiger partial charge in [0.15, 0.2) is 0 Å². The topological polar surface area (TPSA) is 77.8 Å². The molecule has 5 nitrogen and oxygen atoms in total. The van der Waals surface area contributed by atoms with Crippen LogP contribution in [-0.2, 0) is 20.9 Å². The molecule has 0 unspecified atom stereocenters. The van der Waals surface area contributed by atoms with Crippen LogP contribution < -0.4 is 0 Å². The molecular formula is C20H31NO4S. The highest BCUT2D eigenvalue weighted by molar-refractivity contribution is 7.93. The van der Waals surface area contributed by atoms with Crippen LogP contribution in [0.3, 0.4) is 0 Å². The lowest BCUT2D eigenvalue weighted by Gasteiger charge is -2.28. The summed E-state index contributed by atoms with van der Waals surface area (Å²) in [5.74, 6) is 0.281. The lowest BCUT2D eigenvalue weighted by molar-refractivity contribution is 0.259. The van der Waals surface area contributed by atoms with Crippen LogP contribution in [0.15, 0.2) is 17.0 Å². The largest absolute Gasteiger partial charge is 0.507 e. The normalized spacial score (nSPS) is 20.0. The van der Waals surface area contributed by atoms with Crippen molar-refractivity contribution in [2.75, 3.05) is 19.7 Å². The lowest BCUT2D eigenvalue weighted by Crippen LogP contribution is -2.28. The molecule has 0 aromatic heterocycles. The SMILES string of the molecule is CC(C)(C)c1cc(/C=C2\CCN(CCO)S2(=O)=O)cc(C(C)(C)C)c1O. The lowest BCUT2D eigenvalue weighted by atomic mass is 9.78. The minimum Gasteiger partial charge on any atom is -0.507 e. The van der Waals surface area contributed by atoms with Crippen LogP contribution in [0.2, 0.25) is 0 Å². The molecule has 0 aliphatic carbocycles. The summed E-state index contributed by atoms with van der Waals surface area (Å²) in [5.41, 5.74) is 1.85. The highest BCUT2D eigenvalue weighted by Crippen LogP contribution is 2.40. The number of phenols is 1. The number of hydrogen-bond donors (Lipinski definition) is 2. The van der Waals surface area contributed by atoms with Gasteiger partial charge in [-0.2, -0.15) is 4.31 Å². The van der Waals surface area contributed by atoms with Crippen molar-refractivity contribution in [1.82, 2.24) is 4.31 Å². The zero-order chi connectivity index (χ0) is 19.9. The van der Waals surface area contributed by atoms with Gasteiger partial charge >= 0.3 is 0 Å². The average Bonchev–Trinajstić information content (AvgIpc) is 2.74. The Morgan fingerprint density at radius 3 is 2.00 bits per heavy atom. The van der Waals surface area contributed by atoms with E-state index in [0.717, 1.165) is 16.7 Å². The Bertz CT molecular complexity index is 776. The van der Waals surface area contributed by atoms with E-state index in [2.05, 4.69) is 0 Å². The number of aliphatic hydroxyl groups is 1. The highest BCUT2D eigenvalue weighted by atomic mass is 32.2. The number of benzene rings is 1. The Labute approximate surface area is 157 Å². The third-order valence-corrected chi connectivity index (χ3v) is 6.73. The third kappa shape index (κ3) is 4.13. The van der Waals surface area contributed by atoms with Crippen LogP contribution in [0, 0.1) is 0 Å². The maximum absolute atomic E-state index is 12.6. The van der Waals surface area contributed by atoms with Gasteiger partial charge in [-0.3, -0.25) is 0 Å². The fourth-order valence-electron chi connectivity index (χ4n) is 3.21. The fraction of sp³-hybridized carbons (Fsp3) is 0.600. The molecule has 0 spiro atoms. The summed E-state index contributed by atoms with van der Waals surface area (Å²) >= 11 is 0. The second kappa shape index (κ2) is 6.98. The number of sulfonamides is 1. The Hall–Kier alpha value is -1.37. The van der Waals surface area contributed by atoms with Crippen molar-refractivity contribution in [1.29, 1.82) is 0 Å². The van der Waals surface area contributed by atoms with Crippen molar-refractivity contribution in [3.8, 4) is 5.75 Å². The molecule has 1 aromatic rings. The van der Waals surface area contributed by atoms with Gasteiger partial charge in [-0.25, -0.2) is 8.42 Å². The van der Waals surface area contributed by atoms with Crippen LogP contribution in [0.1, 0.15) is 64.7 Å². The molecule has 6 heteroatoms. The first kappa shape index (κ1) is 20.9. The van der Waals surface area contributed by atoms with Gasteiger partial charge in [-0.05, 0) is 41.0 Å². The van der Waals surface area contributed by atoms with Crippen LogP contribution in [0.25, 0.3) is 6.08 Å². The summed E-state index contributed by atoms with van der Waals surface area (Å²) in [6.45, 7) is 12.5. The molecule has 26 heavy (non-hydrogen) atoms. The van der Waals surface area contributed by atoms with E-state index in [4.69, 9.17) is 5.11 Å². The number of rotatable bonds is 3. The molecule has 2 rings (SSSR count). The van der Waals surface area contributed by atoms with E-state index < -0.39 is 10.0 Å². The first-order valence-corrected chi connectivity index (χ1v) is 10.4. The Kier molecular flexibility index (Phi) is 5.62. The molecule has 0 amide bonds. The van der Waals surface area contributed by atoms with Gasteiger partial charge in [-0.15, -0.1) is 0 Å².